The normalized spacial score (nSPS) is 10.7. The number of nitrogens with one attached hydrogen (secondary N) is 1. The van der Waals surface area contributed by atoms with Crippen molar-refractivity contribution in [1.82, 2.24) is 10.2 Å². The molecule has 2 aromatic rings. The molecule has 0 aliphatic rings. The van der Waals surface area contributed by atoms with Gasteiger partial charge in [-0.15, -0.1) is 5.10 Å². The molecule has 1 heterocycles. The van der Waals surface area contributed by atoms with Crippen LogP contribution < -0.4 is 11.1 Å². The lowest BCUT2D eigenvalue weighted by molar-refractivity contribution is 0.508. The Balaban J connectivity index is 2.22. The van der Waals surface area contributed by atoms with E-state index in [4.69, 9.17) is 21.8 Å². The average Bonchev–Trinajstić information content (AvgIpc) is 2.72. The molecule has 0 fully saturated rings. The number of benzene rings is 1. The number of nitrogens with two attached hydrogens (primary N) is 1. The molecule has 3 N–H and O–H groups in total. The summed E-state index contributed by atoms with van der Waals surface area (Å²) in [7, 11) is 0. The van der Waals surface area contributed by atoms with E-state index in [9.17, 15) is 8.78 Å². The van der Waals surface area contributed by atoms with Crippen molar-refractivity contribution in [2.24, 2.45) is 5.73 Å². The fraction of sp³-hybridized carbons (Fsp3) is 0.200. The lowest BCUT2D eigenvalue weighted by Gasteiger charge is -2.05. The van der Waals surface area contributed by atoms with Gasteiger partial charge in [-0.05, 0) is 6.07 Å². The van der Waals surface area contributed by atoms with E-state index in [0.29, 0.717) is 24.9 Å². The Morgan fingerprint density at radius 3 is 2.78 bits per heavy atom. The molecular formula is C10H9ClF2N4O. The highest BCUT2D eigenvalue weighted by Gasteiger charge is 2.13. The van der Waals surface area contributed by atoms with Crippen LogP contribution in [0.5, 0.6) is 0 Å². The Hall–Kier alpha value is -1.73. The van der Waals surface area contributed by atoms with Crippen molar-refractivity contribution in [3.05, 3.63) is 34.7 Å². The first kappa shape index (κ1) is 12.7. The molecule has 0 saturated heterocycles. The minimum atomic E-state index is -0.849. The summed E-state index contributed by atoms with van der Waals surface area (Å²) in [6.45, 7) is 0.354. The first-order valence-electron chi connectivity index (χ1n) is 5.04. The van der Waals surface area contributed by atoms with Gasteiger partial charge in [-0.3, -0.25) is 0 Å². The summed E-state index contributed by atoms with van der Waals surface area (Å²) in [6.07, 6.45) is 0.411. The van der Waals surface area contributed by atoms with E-state index in [2.05, 4.69) is 15.5 Å². The number of anilines is 2. The van der Waals surface area contributed by atoms with Crippen LogP contribution in [0.2, 0.25) is 5.02 Å². The summed E-state index contributed by atoms with van der Waals surface area (Å²) in [5.74, 6) is -1.30. The van der Waals surface area contributed by atoms with Gasteiger partial charge in [-0.2, -0.15) is 0 Å². The van der Waals surface area contributed by atoms with Crippen molar-refractivity contribution in [2.45, 2.75) is 6.42 Å². The van der Waals surface area contributed by atoms with Crippen molar-refractivity contribution < 1.29 is 13.2 Å². The van der Waals surface area contributed by atoms with Gasteiger partial charge in [0.25, 0.3) is 0 Å². The second-order valence-corrected chi connectivity index (χ2v) is 3.82. The zero-order chi connectivity index (χ0) is 13.1. The second kappa shape index (κ2) is 5.28. The minimum absolute atomic E-state index is 0.0362. The van der Waals surface area contributed by atoms with Gasteiger partial charge in [-0.1, -0.05) is 16.7 Å². The maximum atomic E-state index is 13.5. The topological polar surface area (TPSA) is 77.0 Å². The molecule has 0 radical (unpaired) electrons. The number of rotatable bonds is 4. The van der Waals surface area contributed by atoms with E-state index in [-0.39, 0.29) is 16.7 Å². The first-order valence-corrected chi connectivity index (χ1v) is 5.42. The van der Waals surface area contributed by atoms with Crippen LogP contribution in [0.15, 0.2) is 16.5 Å². The molecule has 1 aromatic heterocycles. The van der Waals surface area contributed by atoms with E-state index in [0.717, 1.165) is 6.07 Å². The molecule has 0 aliphatic carbocycles. The fourth-order valence-corrected chi connectivity index (χ4v) is 1.54. The van der Waals surface area contributed by atoms with E-state index in [1.807, 2.05) is 0 Å². The van der Waals surface area contributed by atoms with Crippen molar-refractivity contribution in [3.63, 3.8) is 0 Å². The van der Waals surface area contributed by atoms with Crippen LogP contribution in [-0.4, -0.2) is 16.7 Å². The minimum Gasteiger partial charge on any atom is -0.408 e. The number of hydrogen-bond acceptors (Lipinski definition) is 5. The highest BCUT2D eigenvalue weighted by atomic mass is 35.5. The molecule has 96 valence electrons. The van der Waals surface area contributed by atoms with Crippen molar-refractivity contribution in [3.8, 4) is 0 Å². The molecule has 0 spiro atoms. The van der Waals surface area contributed by atoms with E-state index < -0.39 is 11.6 Å². The number of nitrogens with zero attached hydrogens (tertiary/aromatic N) is 2. The average molecular weight is 275 g/mol. The summed E-state index contributed by atoms with van der Waals surface area (Å²) in [5.41, 5.74) is 5.19. The number of aromatic nitrogens is 2. The van der Waals surface area contributed by atoms with Gasteiger partial charge in [0.2, 0.25) is 5.89 Å². The molecule has 0 saturated carbocycles. The van der Waals surface area contributed by atoms with Gasteiger partial charge in [0.1, 0.15) is 5.82 Å². The molecule has 0 unspecified atom stereocenters. The molecule has 0 bridgehead atoms. The Bertz CT molecular complexity index is 538. The molecule has 8 heteroatoms. The molecule has 2 rings (SSSR count). The van der Waals surface area contributed by atoms with E-state index >= 15 is 0 Å². The van der Waals surface area contributed by atoms with Gasteiger partial charge >= 0.3 is 6.01 Å². The van der Waals surface area contributed by atoms with Crippen LogP contribution in [0.25, 0.3) is 0 Å². The van der Waals surface area contributed by atoms with Gasteiger partial charge in [0, 0.05) is 19.0 Å². The van der Waals surface area contributed by atoms with Crippen LogP contribution in [0.4, 0.5) is 20.5 Å². The van der Waals surface area contributed by atoms with Gasteiger partial charge in [0.05, 0.1) is 10.7 Å². The Kier molecular flexibility index (Phi) is 3.73. The van der Waals surface area contributed by atoms with Crippen LogP contribution in [0, 0.1) is 11.6 Å². The fourth-order valence-electron chi connectivity index (χ4n) is 1.30. The highest BCUT2D eigenvalue weighted by Crippen LogP contribution is 2.28. The van der Waals surface area contributed by atoms with Crippen molar-refractivity contribution >= 4 is 23.3 Å². The van der Waals surface area contributed by atoms with Crippen LogP contribution >= 0.6 is 11.6 Å². The predicted octanol–water partition coefficient (Wildman–Crippen LogP) is 2.25. The molecule has 18 heavy (non-hydrogen) atoms. The molecular weight excluding hydrogens is 266 g/mol. The monoisotopic (exact) mass is 274 g/mol. The third-order valence-corrected chi connectivity index (χ3v) is 2.36. The van der Waals surface area contributed by atoms with Crippen LogP contribution in [-0.2, 0) is 6.42 Å². The number of hydrogen-bond donors (Lipinski definition) is 2. The third kappa shape index (κ3) is 2.74. The number of halogens is 3. The summed E-state index contributed by atoms with van der Waals surface area (Å²) < 4.78 is 31.4. The predicted molar refractivity (Wildman–Crippen MR) is 61.7 cm³/mol. The molecule has 5 nitrogen and oxygen atoms in total. The molecule has 0 aliphatic heterocycles. The quantitative estimate of drug-likeness (QED) is 0.894. The van der Waals surface area contributed by atoms with Gasteiger partial charge in [-0.25, -0.2) is 8.78 Å². The van der Waals surface area contributed by atoms with Crippen LogP contribution in [0.3, 0.4) is 0 Å². The van der Waals surface area contributed by atoms with Crippen LogP contribution in [0.1, 0.15) is 5.89 Å². The summed E-state index contributed by atoms with van der Waals surface area (Å²) >= 11 is 5.70. The lowest BCUT2D eigenvalue weighted by Crippen LogP contribution is -2.02. The zero-order valence-electron chi connectivity index (χ0n) is 9.08. The highest BCUT2D eigenvalue weighted by molar-refractivity contribution is 6.33. The standard InChI is InChI=1S/C10H9ClF2N4O/c11-6-3-5(12)4-7(13)9(6)15-10-17-16-8(18-10)1-2-14/h3-4H,1-2,14H2,(H,15,17). The van der Waals surface area contributed by atoms with Gasteiger partial charge < -0.3 is 15.5 Å². The van der Waals surface area contributed by atoms with E-state index in [1.54, 1.807) is 0 Å². The maximum absolute atomic E-state index is 13.5. The zero-order valence-corrected chi connectivity index (χ0v) is 9.84. The first-order chi connectivity index (χ1) is 8.60. The molecule has 1 aromatic carbocycles. The summed E-state index contributed by atoms with van der Waals surface area (Å²) in [4.78, 5) is 0. The van der Waals surface area contributed by atoms with Gasteiger partial charge in [0.15, 0.2) is 5.82 Å². The lowest BCUT2D eigenvalue weighted by atomic mass is 10.3. The Labute approximate surface area is 106 Å². The van der Waals surface area contributed by atoms with Crippen molar-refractivity contribution in [2.75, 3.05) is 11.9 Å². The third-order valence-electron chi connectivity index (χ3n) is 2.06. The second-order valence-electron chi connectivity index (χ2n) is 3.41. The van der Waals surface area contributed by atoms with Crippen molar-refractivity contribution in [1.29, 1.82) is 0 Å². The molecule has 0 amide bonds. The maximum Gasteiger partial charge on any atom is 0.320 e. The van der Waals surface area contributed by atoms with E-state index in [1.165, 1.54) is 0 Å². The smallest absolute Gasteiger partial charge is 0.320 e. The largest absolute Gasteiger partial charge is 0.408 e. The SMILES string of the molecule is NCCc1nnc(Nc2c(F)cc(F)cc2Cl)o1. The summed E-state index contributed by atoms with van der Waals surface area (Å²) in [5, 5.41) is 9.68. The summed E-state index contributed by atoms with van der Waals surface area (Å²) in [6, 6.07) is 1.64. The molecule has 0 atom stereocenters. The Morgan fingerprint density at radius 1 is 1.33 bits per heavy atom. The Morgan fingerprint density at radius 2 is 2.11 bits per heavy atom.